The van der Waals surface area contributed by atoms with Crippen molar-refractivity contribution in [1.82, 2.24) is 16.2 Å². The van der Waals surface area contributed by atoms with Gasteiger partial charge in [0, 0.05) is 10.0 Å². The highest BCUT2D eigenvalue weighted by atomic mass is 79.9. The van der Waals surface area contributed by atoms with E-state index in [2.05, 4.69) is 48.0 Å². The number of aryl methyl sites for hydroxylation is 1. The Morgan fingerprint density at radius 1 is 1.07 bits per heavy atom. The van der Waals surface area contributed by atoms with Gasteiger partial charge in [-0.3, -0.25) is 25.8 Å². The van der Waals surface area contributed by atoms with E-state index in [1.165, 1.54) is 7.11 Å². The van der Waals surface area contributed by atoms with Crippen LogP contribution >= 0.6 is 44.1 Å². The van der Waals surface area contributed by atoms with Crippen LogP contribution in [0, 0.1) is 6.92 Å². The molecule has 0 spiro atoms. The van der Waals surface area contributed by atoms with Crippen LogP contribution in [-0.2, 0) is 4.79 Å². The molecule has 0 aliphatic rings. The number of carbonyl (C=O) groups excluding carboxylic acids is 2. The number of hydrogen-bond acceptors (Lipinski definition) is 5. The predicted octanol–water partition coefficient (Wildman–Crippen LogP) is 3.24. The summed E-state index contributed by atoms with van der Waals surface area (Å²) in [5.41, 5.74) is 6.14. The number of thiocarbonyl (C=S) groups is 1. The molecule has 0 atom stereocenters. The molecule has 0 aromatic heterocycles. The zero-order chi connectivity index (χ0) is 20.7. The molecule has 0 unspecified atom stereocenters. The molecule has 0 saturated heterocycles. The Labute approximate surface area is 184 Å². The molecule has 0 aliphatic carbocycles. The maximum Gasteiger partial charge on any atom is 0.269 e. The molecule has 0 fully saturated rings. The minimum absolute atomic E-state index is 0.0537. The fourth-order valence-corrected chi connectivity index (χ4v) is 3.29. The smallest absolute Gasteiger partial charge is 0.269 e. The van der Waals surface area contributed by atoms with Gasteiger partial charge in [0.25, 0.3) is 11.8 Å². The number of nitrogens with one attached hydrogen (secondary N) is 3. The highest BCUT2D eigenvalue weighted by Gasteiger charge is 2.11. The molecule has 0 heterocycles. The molecule has 148 valence electrons. The monoisotopic (exact) mass is 529 g/mol. The second kappa shape index (κ2) is 10.4. The standard InChI is InChI=1S/C18H17Br2N3O4S/c1-10-7-12(19)4-6-14(10)27-9-16(24)21-18(28)23-22-17(25)11-3-5-15(26-2)13(20)8-11/h3-8H,9H2,1-2H3,(H,22,25)(H2,21,23,24,28). The van der Waals surface area contributed by atoms with E-state index in [1.807, 2.05) is 19.1 Å². The third-order valence-corrected chi connectivity index (χ3v) is 4.77. The molecule has 2 rings (SSSR count). The fraction of sp³-hybridized carbons (Fsp3) is 0.167. The Morgan fingerprint density at radius 2 is 1.79 bits per heavy atom. The van der Waals surface area contributed by atoms with Crippen molar-refractivity contribution in [1.29, 1.82) is 0 Å². The fourth-order valence-electron chi connectivity index (χ4n) is 2.11. The molecule has 2 aromatic rings. The van der Waals surface area contributed by atoms with E-state index in [-0.39, 0.29) is 11.7 Å². The first-order chi connectivity index (χ1) is 13.3. The van der Waals surface area contributed by atoms with Crippen molar-refractivity contribution in [3.05, 3.63) is 56.5 Å². The summed E-state index contributed by atoms with van der Waals surface area (Å²) in [5, 5.41) is 2.37. The number of methoxy groups -OCH3 is 1. The quantitative estimate of drug-likeness (QED) is 0.406. The lowest BCUT2D eigenvalue weighted by Gasteiger charge is -2.12. The number of hydrazine groups is 1. The van der Waals surface area contributed by atoms with Crippen LogP contribution in [0.4, 0.5) is 0 Å². The highest BCUT2D eigenvalue weighted by Crippen LogP contribution is 2.25. The average molecular weight is 531 g/mol. The van der Waals surface area contributed by atoms with Crippen molar-refractivity contribution in [2.75, 3.05) is 13.7 Å². The van der Waals surface area contributed by atoms with Gasteiger partial charge in [0.05, 0.1) is 11.6 Å². The molecular formula is C18H17Br2N3O4S. The van der Waals surface area contributed by atoms with Crippen molar-refractivity contribution in [3.63, 3.8) is 0 Å². The number of amides is 2. The third kappa shape index (κ3) is 6.47. The van der Waals surface area contributed by atoms with Gasteiger partial charge in [0.1, 0.15) is 11.5 Å². The Morgan fingerprint density at radius 3 is 2.43 bits per heavy atom. The second-order valence-corrected chi connectivity index (χ2v) is 7.68. The van der Waals surface area contributed by atoms with Crippen LogP contribution in [0.3, 0.4) is 0 Å². The summed E-state index contributed by atoms with van der Waals surface area (Å²) in [5.74, 6) is 0.312. The molecule has 10 heteroatoms. The van der Waals surface area contributed by atoms with E-state index in [0.717, 1.165) is 10.0 Å². The zero-order valence-electron chi connectivity index (χ0n) is 15.0. The highest BCUT2D eigenvalue weighted by molar-refractivity contribution is 9.10. The topological polar surface area (TPSA) is 88.7 Å². The Bertz CT molecular complexity index is 908. The predicted molar refractivity (Wildman–Crippen MR) is 116 cm³/mol. The number of halogens is 2. The van der Waals surface area contributed by atoms with Gasteiger partial charge in [-0.05, 0) is 77.0 Å². The molecule has 28 heavy (non-hydrogen) atoms. The van der Waals surface area contributed by atoms with Crippen LogP contribution in [0.15, 0.2) is 45.3 Å². The minimum atomic E-state index is -0.457. The van der Waals surface area contributed by atoms with Crippen LogP contribution < -0.4 is 25.6 Å². The van der Waals surface area contributed by atoms with Crippen LogP contribution in [0.2, 0.25) is 0 Å². The van der Waals surface area contributed by atoms with E-state index in [9.17, 15) is 9.59 Å². The lowest BCUT2D eigenvalue weighted by atomic mass is 10.2. The second-order valence-electron chi connectivity index (χ2n) is 5.50. The first-order valence-corrected chi connectivity index (χ1v) is 9.92. The maximum atomic E-state index is 12.1. The summed E-state index contributed by atoms with van der Waals surface area (Å²) in [6.45, 7) is 1.65. The Hall–Kier alpha value is -2.17. The van der Waals surface area contributed by atoms with E-state index in [4.69, 9.17) is 21.7 Å². The largest absolute Gasteiger partial charge is 0.496 e. The van der Waals surface area contributed by atoms with Crippen molar-refractivity contribution >= 4 is 61.0 Å². The van der Waals surface area contributed by atoms with Gasteiger partial charge in [-0.2, -0.15) is 0 Å². The van der Waals surface area contributed by atoms with Crippen molar-refractivity contribution in [3.8, 4) is 11.5 Å². The van der Waals surface area contributed by atoms with Crippen LogP contribution in [0.5, 0.6) is 11.5 Å². The van der Waals surface area contributed by atoms with E-state index < -0.39 is 11.8 Å². The lowest BCUT2D eigenvalue weighted by molar-refractivity contribution is -0.121. The number of hydrogen-bond donors (Lipinski definition) is 3. The first-order valence-electron chi connectivity index (χ1n) is 7.93. The van der Waals surface area contributed by atoms with E-state index >= 15 is 0 Å². The van der Waals surface area contributed by atoms with Crippen LogP contribution in [-0.4, -0.2) is 30.6 Å². The van der Waals surface area contributed by atoms with Gasteiger partial charge in [0.2, 0.25) is 0 Å². The molecular weight excluding hydrogens is 514 g/mol. The first kappa shape index (κ1) is 22.1. The van der Waals surface area contributed by atoms with E-state index in [1.54, 1.807) is 24.3 Å². The molecule has 3 N–H and O–H groups in total. The number of ether oxygens (including phenoxy) is 2. The molecule has 0 saturated carbocycles. The Balaban J connectivity index is 1.79. The summed E-state index contributed by atoms with van der Waals surface area (Å²) < 4.78 is 12.1. The average Bonchev–Trinajstić information content (AvgIpc) is 2.65. The number of rotatable bonds is 5. The van der Waals surface area contributed by atoms with Gasteiger partial charge < -0.3 is 9.47 Å². The van der Waals surface area contributed by atoms with Crippen molar-refractivity contribution in [2.24, 2.45) is 0 Å². The summed E-state index contributed by atoms with van der Waals surface area (Å²) in [6.07, 6.45) is 0. The lowest BCUT2D eigenvalue weighted by Crippen LogP contribution is -2.49. The molecule has 0 radical (unpaired) electrons. The molecule has 2 amide bonds. The number of carbonyl (C=O) groups is 2. The van der Waals surface area contributed by atoms with E-state index in [0.29, 0.717) is 21.5 Å². The maximum absolute atomic E-state index is 12.1. The zero-order valence-corrected chi connectivity index (χ0v) is 19.0. The van der Waals surface area contributed by atoms with Gasteiger partial charge in [-0.15, -0.1) is 0 Å². The third-order valence-electron chi connectivity index (χ3n) is 3.45. The van der Waals surface area contributed by atoms with Gasteiger partial charge in [-0.25, -0.2) is 0 Å². The van der Waals surface area contributed by atoms with Crippen molar-refractivity contribution < 1.29 is 19.1 Å². The molecule has 7 nitrogen and oxygen atoms in total. The summed E-state index contributed by atoms with van der Waals surface area (Å²) >= 11 is 11.7. The van der Waals surface area contributed by atoms with Gasteiger partial charge in [0.15, 0.2) is 11.7 Å². The van der Waals surface area contributed by atoms with Crippen LogP contribution in [0.1, 0.15) is 15.9 Å². The number of benzene rings is 2. The van der Waals surface area contributed by atoms with Crippen molar-refractivity contribution in [2.45, 2.75) is 6.92 Å². The summed E-state index contributed by atoms with van der Waals surface area (Å²) in [4.78, 5) is 24.1. The summed E-state index contributed by atoms with van der Waals surface area (Å²) in [6, 6.07) is 10.3. The SMILES string of the molecule is COc1ccc(C(=O)NNC(=S)NC(=O)COc2ccc(Br)cc2C)cc1Br. The normalized spacial score (nSPS) is 10.0. The van der Waals surface area contributed by atoms with Crippen LogP contribution in [0.25, 0.3) is 0 Å². The van der Waals surface area contributed by atoms with Gasteiger partial charge in [-0.1, -0.05) is 15.9 Å². The minimum Gasteiger partial charge on any atom is -0.496 e. The molecule has 0 aliphatic heterocycles. The molecule has 2 aromatic carbocycles. The summed E-state index contributed by atoms with van der Waals surface area (Å²) in [7, 11) is 1.53. The molecule has 0 bridgehead atoms. The van der Waals surface area contributed by atoms with Gasteiger partial charge >= 0.3 is 0 Å². The Kier molecular flexibility index (Phi) is 8.21.